The molecule has 1 aromatic rings. The summed E-state index contributed by atoms with van der Waals surface area (Å²) >= 11 is 0. The number of nitrogens with zero attached hydrogens (tertiary/aromatic N) is 1. The quantitative estimate of drug-likeness (QED) is 0.907. The van der Waals surface area contributed by atoms with Crippen LogP contribution in [-0.4, -0.2) is 17.6 Å². The highest BCUT2D eigenvalue weighted by molar-refractivity contribution is 5.39. The normalized spacial score (nSPS) is 26.4. The van der Waals surface area contributed by atoms with Crippen molar-refractivity contribution >= 4 is 5.82 Å². The van der Waals surface area contributed by atoms with Crippen LogP contribution >= 0.6 is 0 Å². The Hall–Kier alpha value is -1.39. The first-order chi connectivity index (χ1) is 9.49. The molecule has 1 fully saturated rings. The lowest BCUT2D eigenvalue weighted by molar-refractivity contribution is 0.0923. The molecule has 1 aliphatic carbocycles. The summed E-state index contributed by atoms with van der Waals surface area (Å²) in [7, 11) is 0. The third-order valence-corrected chi connectivity index (χ3v) is 3.66. The van der Waals surface area contributed by atoms with E-state index in [-0.39, 0.29) is 17.8 Å². The van der Waals surface area contributed by atoms with Gasteiger partial charge in [-0.2, -0.15) is 4.98 Å². The lowest BCUT2D eigenvalue weighted by atomic mass is 9.82. The van der Waals surface area contributed by atoms with Crippen LogP contribution in [0.5, 0.6) is 5.88 Å². The first kappa shape index (κ1) is 15.0. The van der Waals surface area contributed by atoms with E-state index in [0.29, 0.717) is 18.4 Å². The van der Waals surface area contributed by atoms with Crippen molar-refractivity contribution in [2.24, 2.45) is 11.8 Å². The van der Waals surface area contributed by atoms with Crippen LogP contribution < -0.4 is 10.1 Å². The molecule has 1 N–H and O–H groups in total. The van der Waals surface area contributed by atoms with Crippen molar-refractivity contribution in [2.45, 2.75) is 46.1 Å². The van der Waals surface area contributed by atoms with Gasteiger partial charge >= 0.3 is 0 Å². The molecule has 0 amide bonds. The van der Waals surface area contributed by atoms with Crippen LogP contribution in [0.25, 0.3) is 0 Å². The molecule has 0 radical (unpaired) electrons. The Labute approximate surface area is 118 Å². The van der Waals surface area contributed by atoms with E-state index in [4.69, 9.17) is 4.74 Å². The van der Waals surface area contributed by atoms with Crippen molar-refractivity contribution in [3.63, 3.8) is 0 Å². The molecule has 0 spiro atoms. The highest BCUT2D eigenvalue weighted by atomic mass is 19.1. The van der Waals surface area contributed by atoms with Gasteiger partial charge in [0.15, 0.2) is 17.5 Å². The summed E-state index contributed by atoms with van der Waals surface area (Å²) in [5.41, 5.74) is 0. The number of ether oxygens (including phenoxy) is 1. The topological polar surface area (TPSA) is 34.2 Å². The lowest BCUT2D eigenvalue weighted by Gasteiger charge is -2.31. The van der Waals surface area contributed by atoms with Gasteiger partial charge in [-0.1, -0.05) is 13.8 Å². The number of nitrogens with one attached hydrogen (secondary N) is 1. The SMILES string of the molecule is CCNc1nc(OC2CC(C)CC(C)C2)c(F)cc1F. The minimum Gasteiger partial charge on any atom is -0.472 e. The van der Waals surface area contributed by atoms with Gasteiger partial charge in [0.1, 0.15) is 6.10 Å². The maximum absolute atomic E-state index is 13.8. The second kappa shape index (κ2) is 6.37. The molecular weight excluding hydrogens is 262 g/mol. The van der Waals surface area contributed by atoms with Gasteiger partial charge in [-0.05, 0) is 38.0 Å². The molecule has 1 heterocycles. The van der Waals surface area contributed by atoms with Crippen LogP contribution in [0.2, 0.25) is 0 Å². The number of pyridine rings is 1. The predicted molar refractivity (Wildman–Crippen MR) is 74.9 cm³/mol. The van der Waals surface area contributed by atoms with E-state index in [1.165, 1.54) is 6.42 Å². The van der Waals surface area contributed by atoms with Crippen LogP contribution in [0.3, 0.4) is 0 Å². The fourth-order valence-electron chi connectivity index (χ4n) is 2.95. The fraction of sp³-hybridized carbons (Fsp3) is 0.667. The van der Waals surface area contributed by atoms with Crippen LogP contribution in [-0.2, 0) is 0 Å². The smallest absolute Gasteiger partial charge is 0.252 e. The number of hydrogen-bond acceptors (Lipinski definition) is 3. The summed E-state index contributed by atoms with van der Waals surface area (Å²) in [6.45, 7) is 6.69. The van der Waals surface area contributed by atoms with E-state index in [1.807, 2.05) is 6.92 Å². The molecule has 0 aromatic carbocycles. The molecule has 2 rings (SSSR count). The minimum atomic E-state index is -0.741. The number of halogens is 2. The highest BCUT2D eigenvalue weighted by Crippen LogP contribution is 2.32. The van der Waals surface area contributed by atoms with Gasteiger partial charge in [-0.25, -0.2) is 8.78 Å². The molecule has 0 saturated heterocycles. The van der Waals surface area contributed by atoms with Gasteiger partial charge in [0.2, 0.25) is 0 Å². The Morgan fingerprint density at radius 3 is 2.45 bits per heavy atom. The fourth-order valence-corrected chi connectivity index (χ4v) is 2.95. The summed E-state index contributed by atoms with van der Waals surface area (Å²) in [6.07, 6.45) is 2.90. The Morgan fingerprint density at radius 2 is 1.85 bits per heavy atom. The highest BCUT2D eigenvalue weighted by Gasteiger charge is 2.26. The molecule has 112 valence electrons. The molecule has 5 heteroatoms. The van der Waals surface area contributed by atoms with Gasteiger partial charge in [0, 0.05) is 12.6 Å². The Bertz CT molecular complexity index is 457. The summed E-state index contributed by atoms with van der Waals surface area (Å²) in [6, 6.07) is 0.829. The number of rotatable bonds is 4. The third-order valence-electron chi connectivity index (χ3n) is 3.66. The van der Waals surface area contributed by atoms with E-state index in [0.717, 1.165) is 18.9 Å². The molecule has 2 atom stereocenters. The van der Waals surface area contributed by atoms with E-state index in [9.17, 15) is 8.78 Å². The van der Waals surface area contributed by atoms with Gasteiger partial charge in [0.25, 0.3) is 5.88 Å². The van der Waals surface area contributed by atoms with Crippen LogP contribution in [0.4, 0.5) is 14.6 Å². The van der Waals surface area contributed by atoms with E-state index in [2.05, 4.69) is 24.1 Å². The maximum atomic E-state index is 13.8. The third kappa shape index (κ3) is 3.58. The van der Waals surface area contributed by atoms with Crippen molar-refractivity contribution in [3.8, 4) is 5.88 Å². The summed E-state index contributed by atoms with van der Waals surface area (Å²) in [4.78, 5) is 3.92. The lowest BCUT2D eigenvalue weighted by Crippen LogP contribution is -2.29. The summed E-state index contributed by atoms with van der Waals surface area (Å²) < 4.78 is 32.9. The van der Waals surface area contributed by atoms with Crippen molar-refractivity contribution in [1.29, 1.82) is 0 Å². The second-order valence-corrected chi connectivity index (χ2v) is 5.79. The van der Waals surface area contributed by atoms with E-state index < -0.39 is 11.6 Å². The van der Waals surface area contributed by atoms with Crippen molar-refractivity contribution < 1.29 is 13.5 Å². The average Bonchev–Trinajstić information content (AvgIpc) is 2.34. The average molecular weight is 284 g/mol. The zero-order valence-electron chi connectivity index (χ0n) is 12.2. The standard InChI is InChI=1S/C15H22F2N2O/c1-4-18-14-12(16)8-13(17)15(19-14)20-11-6-9(2)5-10(3)7-11/h8-11H,4-7H2,1-3H3,(H,18,19). The molecule has 0 bridgehead atoms. The molecule has 0 aliphatic heterocycles. The van der Waals surface area contributed by atoms with Gasteiger partial charge in [-0.3, -0.25) is 0 Å². The van der Waals surface area contributed by atoms with Crippen molar-refractivity contribution in [2.75, 3.05) is 11.9 Å². The van der Waals surface area contributed by atoms with Gasteiger partial charge in [0.05, 0.1) is 0 Å². The molecule has 1 aromatic heterocycles. The number of anilines is 1. The zero-order chi connectivity index (χ0) is 14.7. The van der Waals surface area contributed by atoms with E-state index in [1.54, 1.807) is 0 Å². The Kier molecular flexibility index (Phi) is 4.78. The zero-order valence-corrected chi connectivity index (χ0v) is 12.2. The molecule has 3 nitrogen and oxygen atoms in total. The molecule has 1 saturated carbocycles. The van der Waals surface area contributed by atoms with Crippen LogP contribution in [0.15, 0.2) is 6.07 Å². The van der Waals surface area contributed by atoms with Crippen LogP contribution in [0, 0.1) is 23.5 Å². The first-order valence-electron chi connectivity index (χ1n) is 7.26. The van der Waals surface area contributed by atoms with Crippen molar-refractivity contribution in [3.05, 3.63) is 17.7 Å². The van der Waals surface area contributed by atoms with E-state index >= 15 is 0 Å². The Balaban J connectivity index is 2.13. The van der Waals surface area contributed by atoms with Crippen LogP contribution in [0.1, 0.15) is 40.0 Å². The monoisotopic (exact) mass is 284 g/mol. The molecule has 20 heavy (non-hydrogen) atoms. The molecular formula is C15H22F2N2O. The summed E-state index contributed by atoms with van der Waals surface area (Å²) in [5, 5.41) is 2.77. The van der Waals surface area contributed by atoms with Crippen molar-refractivity contribution in [1.82, 2.24) is 4.98 Å². The largest absolute Gasteiger partial charge is 0.472 e. The van der Waals surface area contributed by atoms with Gasteiger partial charge < -0.3 is 10.1 Å². The maximum Gasteiger partial charge on any atom is 0.252 e. The predicted octanol–water partition coefficient (Wildman–Crippen LogP) is 4.00. The van der Waals surface area contributed by atoms with Gasteiger partial charge in [-0.15, -0.1) is 0 Å². The molecule has 1 aliphatic rings. The first-order valence-corrected chi connectivity index (χ1v) is 7.26. The minimum absolute atomic E-state index is 0.0424. The summed E-state index contributed by atoms with van der Waals surface area (Å²) in [5.74, 6) is -0.382. The number of hydrogen-bond donors (Lipinski definition) is 1. The number of aromatic nitrogens is 1. The Morgan fingerprint density at radius 1 is 1.20 bits per heavy atom. The molecule has 2 unspecified atom stereocenters. The second-order valence-electron chi connectivity index (χ2n) is 5.79.